The topological polar surface area (TPSA) is 49.8 Å². The number of hydrogen-bond acceptors (Lipinski definition) is 4. The molecule has 3 rings (SSSR count). The van der Waals surface area contributed by atoms with Gasteiger partial charge in [0.15, 0.2) is 0 Å². The molecule has 3 aromatic carbocycles. The molecule has 0 aliphatic rings. The van der Waals surface area contributed by atoms with Crippen molar-refractivity contribution in [2.45, 2.75) is 11.1 Å². The van der Waals surface area contributed by atoms with E-state index < -0.39 is 11.7 Å². The Labute approximate surface area is 194 Å². The number of amides is 1. The van der Waals surface area contributed by atoms with Crippen LogP contribution in [0.15, 0.2) is 89.8 Å². The Kier molecular flexibility index (Phi) is 8.57. The van der Waals surface area contributed by atoms with Crippen molar-refractivity contribution in [3.63, 3.8) is 0 Å². The van der Waals surface area contributed by atoms with Crippen LogP contribution < -0.4 is 9.64 Å². The molecule has 0 spiro atoms. The molecule has 3 aromatic rings. The standard InChI is InChI=1S/C25H22F3NO3S/c26-25(27,28)20-8-10-21(11-9-20)29(16-4-7-19-5-2-1-3-6-19)24(31)33-23-14-12-22(13-15-23)32-18-17-30/h1-15,30H,16-18H2/b7-4+. The molecular formula is C25H22F3NO3S. The van der Waals surface area contributed by atoms with Crippen LogP contribution in [-0.4, -0.2) is 30.1 Å². The lowest BCUT2D eigenvalue weighted by molar-refractivity contribution is -0.137. The van der Waals surface area contributed by atoms with Crippen molar-refractivity contribution in [1.29, 1.82) is 0 Å². The molecule has 0 aromatic heterocycles. The Morgan fingerprint density at radius 3 is 2.24 bits per heavy atom. The third-order valence-electron chi connectivity index (χ3n) is 4.51. The van der Waals surface area contributed by atoms with Gasteiger partial charge >= 0.3 is 6.18 Å². The summed E-state index contributed by atoms with van der Waals surface area (Å²) in [5, 5.41) is 8.49. The van der Waals surface area contributed by atoms with Gasteiger partial charge < -0.3 is 9.84 Å². The first-order chi connectivity index (χ1) is 15.9. The van der Waals surface area contributed by atoms with Gasteiger partial charge in [-0.2, -0.15) is 13.2 Å². The van der Waals surface area contributed by atoms with E-state index in [4.69, 9.17) is 9.84 Å². The zero-order valence-corrected chi connectivity index (χ0v) is 18.4. The van der Waals surface area contributed by atoms with E-state index in [9.17, 15) is 18.0 Å². The third kappa shape index (κ3) is 7.40. The summed E-state index contributed by atoms with van der Waals surface area (Å²) in [6.45, 7) is 0.248. The summed E-state index contributed by atoms with van der Waals surface area (Å²) in [6, 6.07) is 20.8. The SMILES string of the molecule is O=C(Sc1ccc(OCCO)cc1)N(C/C=C/c1ccccc1)c1ccc(C(F)(F)F)cc1. The van der Waals surface area contributed by atoms with Crippen molar-refractivity contribution in [2.24, 2.45) is 0 Å². The lowest BCUT2D eigenvalue weighted by Gasteiger charge is -2.21. The molecular weight excluding hydrogens is 451 g/mol. The summed E-state index contributed by atoms with van der Waals surface area (Å²) < 4.78 is 44.2. The number of ether oxygens (including phenoxy) is 1. The Bertz CT molecular complexity index is 1050. The van der Waals surface area contributed by atoms with Crippen molar-refractivity contribution in [1.82, 2.24) is 0 Å². The monoisotopic (exact) mass is 473 g/mol. The number of benzene rings is 3. The van der Waals surface area contributed by atoms with E-state index in [1.165, 1.54) is 17.0 Å². The van der Waals surface area contributed by atoms with E-state index in [1.807, 2.05) is 36.4 Å². The lowest BCUT2D eigenvalue weighted by atomic mass is 10.2. The smallest absolute Gasteiger partial charge is 0.416 e. The first-order valence-electron chi connectivity index (χ1n) is 10.1. The quantitative estimate of drug-likeness (QED) is 0.379. The molecule has 0 aliphatic heterocycles. The maximum Gasteiger partial charge on any atom is 0.416 e. The highest BCUT2D eigenvalue weighted by atomic mass is 32.2. The zero-order valence-electron chi connectivity index (χ0n) is 17.5. The number of carbonyl (C=O) groups is 1. The molecule has 4 nitrogen and oxygen atoms in total. The average Bonchev–Trinajstić information content (AvgIpc) is 2.81. The molecule has 172 valence electrons. The molecule has 0 aliphatic carbocycles. The second-order valence-electron chi connectivity index (χ2n) is 6.88. The van der Waals surface area contributed by atoms with Crippen molar-refractivity contribution >= 4 is 28.8 Å². The van der Waals surface area contributed by atoms with Crippen molar-refractivity contribution < 1.29 is 27.8 Å². The summed E-state index contributed by atoms with van der Waals surface area (Å²) >= 11 is 0.961. The van der Waals surface area contributed by atoms with Gasteiger partial charge in [0, 0.05) is 17.1 Å². The largest absolute Gasteiger partial charge is 0.491 e. The summed E-state index contributed by atoms with van der Waals surface area (Å²) in [4.78, 5) is 15.1. The van der Waals surface area contributed by atoms with Crippen LogP contribution in [0.1, 0.15) is 11.1 Å². The van der Waals surface area contributed by atoms with Crippen LogP contribution in [0.3, 0.4) is 0 Å². The number of hydrogen-bond donors (Lipinski definition) is 1. The van der Waals surface area contributed by atoms with Gasteiger partial charge in [0.1, 0.15) is 12.4 Å². The molecule has 33 heavy (non-hydrogen) atoms. The number of rotatable bonds is 8. The highest BCUT2D eigenvalue weighted by Gasteiger charge is 2.30. The molecule has 0 bridgehead atoms. The van der Waals surface area contributed by atoms with Gasteiger partial charge in [-0.15, -0.1) is 0 Å². The van der Waals surface area contributed by atoms with E-state index >= 15 is 0 Å². The number of aliphatic hydroxyl groups is 1. The summed E-state index contributed by atoms with van der Waals surface area (Å²) in [5.74, 6) is 0.561. The maximum atomic E-state index is 13.1. The molecule has 1 N–H and O–H groups in total. The van der Waals surface area contributed by atoms with Crippen LogP contribution >= 0.6 is 11.8 Å². The first-order valence-corrected chi connectivity index (χ1v) is 10.9. The van der Waals surface area contributed by atoms with Gasteiger partial charge in [-0.25, -0.2) is 0 Å². The van der Waals surface area contributed by atoms with E-state index in [0.717, 1.165) is 29.5 Å². The minimum atomic E-state index is -4.45. The van der Waals surface area contributed by atoms with Gasteiger partial charge in [0.2, 0.25) is 0 Å². The zero-order chi connectivity index (χ0) is 23.7. The molecule has 8 heteroatoms. The van der Waals surface area contributed by atoms with Crippen LogP contribution in [0.4, 0.5) is 23.7 Å². The summed E-state index contributed by atoms with van der Waals surface area (Å²) in [6.07, 6.45) is -0.811. The minimum absolute atomic E-state index is 0.104. The van der Waals surface area contributed by atoms with Crippen molar-refractivity contribution in [3.05, 3.63) is 96.1 Å². The Morgan fingerprint density at radius 1 is 0.970 bits per heavy atom. The van der Waals surface area contributed by atoms with Gasteiger partial charge in [0.05, 0.1) is 12.2 Å². The van der Waals surface area contributed by atoms with E-state index in [1.54, 1.807) is 30.3 Å². The lowest BCUT2D eigenvalue weighted by Crippen LogP contribution is -2.27. The van der Waals surface area contributed by atoms with E-state index in [-0.39, 0.29) is 25.0 Å². The molecule has 0 fully saturated rings. The number of carbonyl (C=O) groups excluding carboxylic acids is 1. The second-order valence-corrected chi connectivity index (χ2v) is 7.90. The van der Waals surface area contributed by atoms with Crippen LogP contribution in [-0.2, 0) is 6.18 Å². The number of alkyl halides is 3. The third-order valence-corrected chi connectivity index (χ3v) is 5.42. The average molecular weight is 474 g/mol. The van der Waals surface area contributed by atoms with Crippen LogP contribution in [0.25, 0.3) is 6.08 Å². The number of anilines is 1. The Hall–Kier alpha value is -3.23. The fourth-order valence-corrected chi connectivity index (χ4v) is 3.66. The van der Waals surface area contributed by atoms with Gasteiger partial charge in [-0.05, 0) is 65.9 Å². The molecule has 0 radical (unpaired) electrons. The Morgan fingerprint density at radius 2 is 1.64 bits per heavy atom. The van der Waals surface area contributed by atoms with Crippen LogP contribution in [0.5, 0.6) is 5.75 Å². The molecule has 0 heterocycles. The number of halogens is 3. The fourth-order valence-electron chi connectivity index (χ4n) is 2.90. The molecule has 0 atom stereocenters. The Balaban J connectivity index is 1.78. The highest BCUT2D eigenvalue weighted by Crippen LogP contribution is 2.32. The van der Waals surface area contributed by atoms with Crippen molar-refractivity contribution in [3.8, 4) is 5.75 Å². The molecule has 0 saturated heterocycles. The van der Waals surface area contributed by atoms with E-state index in [0.29, 0.717) is 16.3 Å². The highest BCUT2D eigenvalue weighted by molar-refractivity contribution is 8.14. The molecule has 0 unspecified atom stereocenters. The first kappa shape index (κ1) is 24.4. The number of thioether (sulfide) groups is 1. The van der Waals surface area contributed by atoms with Gasteiger partial charge in [-0.3, -0.25) is 9.69 Å². The predicted molar refractivity (Wildman–Crippen MR) is 125 cm³/mol. The maximum absolute atomic E-state index is 13.1. The van der Waals surface area contributed by atoms with Crippen LogP contribution in [0.2, 0.25) is 0 Å². The predicted octanol–water partition coefficient (Wildman–Crippen LogP) is 6.51. The summed E-state index contributed by atoms with van der Waals surface area (Å²) in [7, 11) is 0. The van der Waals surface area contributed by atoms with Gasteiger partial charge in [-0.1, -0.05) is 42.5 Å². The van der Waals surface area contributed by atoms with E-state index in [2.05, 4.69) is 0 Å². The minimum Gasteiger partial charge on any atom is -0.491 e. The molecule has 0 saturated carbocycles. The van der Waals surface area contributed by atoms with Crippen LogP contribution in [0, 0.1) is 0 Å². The normalized spacial score (nSPS) is 11.5. The number of nitrogens with zero attached hydrogens (tertiary/aromatic N) is 1. The fraction of sp³-hybridized carbons (Fsp3) is 0.160. The van der Waals surface area contributed by atoms with Gasteiger partial charge in [0.25, 0.3) is 5.24 Å². The van der Waals surface area contributed by atoms with Crippen molar-refractivity contribution in [2.75, 3.05) is 24.7 Å². The molecule has 1 amide bonds. The summed E-state index contributed by atoms with van der Waals surface area (Å²) in [5.41, 5.74) is 0.536. The number of aliphatic hydroxyl groups excluding tert-OH is 1. The second kappa shape index (κ2) is 11.6.